The Labute approximate surface area is 190 Å². The average Bonchev–Trinajstić information content (AvgIpc) is 3.16. The van der Waals surface area contributed by atoms with Crippen molar-refractivity contribution in [2.45, 2.75) is 26.0 Å². The molecule has 2 aromatic carbocycles. The van der Waals surface area contributed by atoms with E-state index in [1.54, 1.807) is 55.5 Å². The zero-order valence-corrected chi connectivity index (χ0v) is 18.7. The van der Waals surface area contributed by atoms with Gasteiger partial charge in [-0.05, 0) is 56.4 Å². The van der Waals surface area contributed by atoms with Crippen LogP contribution in [0.4, 0.5) is 16.5 Å². The van der Waals surface area contributed by atoms with Crippen LogP contribution in [0.25, 0.3) is 0 Å². The van der Waals surface area contributed by atoms with Crippen molar-refractivity contribution < 1.29 is 14.3 Å². The monoisotopic (exact) mass is 451 g/mol. The molecule has 166 valence electrons. The standard InChI is InChI=1S/C23H25N5O3S/c1-14(21(29)25-17-8-6-16(24)7-9-17)31-18-5-3-4-15(12-18)22(30)27-23-26-19-10-11-28(2)13-20(19)32-23/h3-9,12,14H,10-11,13,24H2,1-2H3,(H,25,29)(H,26,27,30)/t14-/m0/s1. The van der Waals surface area contributed by atoms with Crippen molar-refractivity contribution in [2.75, 3.05) is 30.0 Å². The molecule has 32 heavy (non-hydrogen) atoms. The summed E-state index contributed by atoms with van der Waals surface area (Å²) in [5.74, 6) is -0.144. The number of likely N-dealkylation sites (N-methyl/N-ethyl adjacent to an activating group) is 1. The molecule has 9 heteroatoms. The second-order valence-electron chi connectivity index (χ2n) is 7.73. The van der Waals surface area contributed by atoms with Gasteiger partial charge in [-0.15, -0.1) is 11.3 Å². The van der Waals surface area contributed by atoms with Crippen LogP contribution in [-0.2, 0) is 17.8 Å². The molecule has 1 aliphatic rings. The minimum absolute atomic E-state index is 0.270. The van der Waals surface area contributed by atoms with Gasteiger partial charge in [0.25, 0.3) is 11.8 Å². The lowest BCUT2D eigenvalue weighted by molar-refractivity contribution is -0.122. The van der Waals surface area contributed by atoms with Crippen LogP contribution in [0.15, 0.2) is 48.5 Å². The number of amides is 2. The molecule has 1 aliphatic heterocycles. The number of fused-ring (bicyclic) bond motifs is 1. The number of nitrogens with two attached hydrogens (primary N) is 1. The number of nitrogens with one attached hydrogen (secondary N) is 2. The molecule has 4 rings (SSSR count). The van der Waals surface area contributed by atoms with E-state index >= 15 is 0 Å². The lowest BCUT2D eigenvalue weighted by atomic mass is 10.2. The van der Waals surface area contributed by atoms with Crippen LogP contribution in [0.5, 0.6) is 5.75 Å². The lowest BCUT2D eigenvalue weighted by Gasteiger charge is -2.20. The molecule has 0 unspecified atom stereocenters. The van der Waals surface area contributed by atoms with Crippen molar-refractivity contribution in [3.8, 4) is 5.75 Å². The second-order valence-corrected chi connectivity index (χ2v) is 8.81. The summed E-state index contributed by atoms with van der Waals surface area (Å²) in [6, 6.07) is 13.6. The third-order valence-electron chi connectivity index (χ3n) is 5.10. The Morgan fingerprint density at radius 2 is 1.97 bits per heavy atom. The van der Waals surface area contributed by atoms with Gasteiger partial charge in [-0.25, -0.2) is 4.98 Å². The van der Waals surface area contributed by atoms with E-state index in [-0.39, 0.29) is 11.8 Å². The second kappa shape index (κ2) is 9.37. The fourth-order valence-electron chi connectivity index (χ4n) is 3.32. The summed E-state index contributed by atoms with van der Waals surface area (Å²) in [6.07, 6.45) is 0.131. The zero-order valence-electron chi connectivity index (χ0n) is 17.9. The van der Waals surface area contributed by atoms with Gasteiger partial charge in [0.05, 0.1) is 5.69 Å². The molecule has 1 atom stereocenters. The smallest absolute Gasteiger partial charge is 0.265 e. The van der Waals surface area contributed by atoms with Crippen molar-refractivity contribution in [1.82, 2.24) is 9.88 Å². The number of hydrogen-bond donors (Lipinski definition) is 3. The number of carbonyl (C=O) groups excluding carboxylic acids is 2. The van der Waals surface area contributed by atoms with Crippen LogP contribution in [0.1, 0.15) is 27.9 Å². The highest BCUT2D eigenvalue weighted by atomic mass is 32.1. The van der Waals surface area contributed by atoms with Crippen LogP contribution in [0.2, 0.25) is 0 Å². The summed E-state index contributed by atoms with van der Waals surface area (Å²) in [6.45, 7) is 3.46. The number of benzene rings is 2. The summed E-state index contributed by atoms with van der Waals surface area (Å²) in [4.78, 5) is 33.1. The van der Waals surface area contributed by atoms with Crippen LogP contribution in [-0.4, -0.2) is 41.4 Å². The third-order valence-corrected chi connectivity index (χ3v) is 6.10. The molecule has 0 bridgehead atoms. The molecule has 0 saturated carbocycles. The summed E-state index contributed by atoms with van der Waals surface area (Å²) >= 11 is 1.51. The number of anilines is 3. The quantitative estimate of drug-likeness (QED) is 0.496. The Morgan fingerprint density at radius 3 is 2.75 bits per heavy atom. The molecule has 4 N–H and O–H groups in total. The Morgan fingerprint density at radius 1 is 1.19 bits per heavy atom. The first-order valence-electron chi connectivity index (χ1n) is 10.3. The number of nitrogens with zero attached hydrogens (tertiary/aromatic N) is 2. The summed E-state index contributed by atoms with van der Waals surface area (Å²) in [5.41, 5.74) is 8.40. The van der Waals surface area contributed by atoms with E-state index in [1.807, 2.05) is 0 Å². The van der Waals surface area contributed by atoms with Gasteiger partial charge in [-0.2, -0.15) is 0 Å². The molecule has 0 spiro atoms. The topological polar surface area (TPSA) is 110 Å². The number of carbonyl (C=O) groups is 2. The van der Waals surface area contributed by atoms with Gasteiger partial charge < -0.3 is 20.7 Å². The Bertz CT molecular complexity index is 1130. The Hall–Kier alpha value is -3.43. The molecular formula is C23H25N5O3S. The van der Waals surface area contributed by atoms with Gasteiger partial charge in [0.15, 0.2) is 11.2 Å². The molecule has 8 nitrogen and oxygen atoms in total. The number of ether oxygens (including phenoxy) is 1. The SMILES string of the molecule is C[C@H](Oc1cccc(C(=O)Nc2nc3c(s2)CN(C)CC3)c1)C(=O)Nc1ccc(N)cc1. The molecule has 2 heterocycles. The van der Waals surface area contributed by atoms with Crippen LogP contribution < -0.4 is 21.1 Å². The van der Waals surface area contributed by atoms with Crippen molar-refractivity contribution in [1.29, 1.82) is 0 Å². The van der Waals surface area contributed by atoms with Gasteiger partial charge in [0.1, 0.15) is 5.75 Å². The number of aromatic nitrogens is 1. The van der Waals surface area contributed by atoms with Crippen molar-refractivity contribution >= 4 is 39.7 Å². The largest absolute Gasteiger partial charge is 0.481 e. The molecule has 2 amide bonds. The normalized spacial score (nSPS) is 14.3. The van der Waals surface area contributed by atoms with Gasteiger partial charge >= 0.3 is 0 Å². The first-order valence-corrected chi connectivity index (χ1v) is 11.1. The highest BCUT2D eigenvalue weighted by Crippen LogP contribution is 2.28. The first-order chi connectivity index (χ1) is 15.4. The molecule has 3 aromatic rings. The minimum Gasteiger partial charge on any atom is -0.481 e. The number of hydrogen-bond acceptors (Lipinski definition) is 7. The van der Waals surface area contributed by atoms with Gasteiger partial charge in [0.2, 0.25) is 0 Å². The van der Waals surface area contributed by atoms with Crippen molar-refractivity contribution in [3.63, 3.8) is 0 Å². The fraction of sp³-hybridized carbons (Fsp3) is 0.261. The maximum absolute atomic E-state index is 12.7. The minimum atomic E-state index is -0.756. The highest BCUT2D eigenvalue weighted by Gasteiger charge is 2.20. The molecule has 0 aliphatic carbocycles. The van der Waals surface area contributed by atoms with Gasteiger partial charge in [0, 0.05) is 41.3 Å². The maximum Gasteiger partial charge on any atom is 0.265 e. The lowest BCUT2D eigenvalue weighted by Crippen LogP contribution is -2.30. The van der Waals surface area contributed by atoms with Crippen molar-refractivity contribution in [2.24, 2.45) is 0 Å². The van der Waals surface area contributed by atoms with E-state index in [0.717, 1.165) is 25.2 Å². The predicted molar refractivity (Wildman–Crippen MR) is 126 cm³/mol. The third kappa shape index (κ3) is 5.24. The maximum atomic E-state index is 12.7. The van der Waals surface area contributed by atoms with Crippen molar-refractivity contribution in [3.05, 3.63) is 64.7 Å². The molecular weight excluding hydrogens is 426 g/mol. The van der Waals surface area contributed by atoms with E-state index in [9.17, 15) is 9.59 Å². The average molecular weight is 452 g/mol. The number of rotatable bonds is 6. The molecule has 0 radical (unpaired) electrons. The van der Waals surface area contributed by atoms with Crippen LogP contribution in [0.3, 0.4) is 0 Å². The van der Waals surface area contributed by atoms with E-state index < -0.39 is 6.10 Å². The molecule has 0 saturated heterocycles. The predicted octanol–water partition coefficient (Wildman–Crippen LogP) is 3.37. The Balaban J connectivity index is 1.37. The van der Waals surface area contributed by atoms with Gasteiger partial charge in [-0.3, -0.25) is 14.9 Å². The van der Waals surface area contributed by atoms with Crippen LogP contribution in [0, 0.1) is 0 Å². The molecule has 0 fully saturated rings. The van der Waals surface area contributed by atoms with E-state index in [1.165, 1.54) is 16.2 Å². The number of nitrogen functional groups attached to an aromatic ring is 1. The Kier molecular flexibility index (Phi) is 6.38. The number of thiazole rings is 1. The van der Waals surface area contributed by atoms with Gasteiger partial charge in [-0.1, -0.05) is 6.07 Å². The summed E-state index contributed by atoms with van der Waals surface area (Å²) in [7, 11) is 2.07. The molecule has 1 aromatic heterocycles. The first kappa shape index (κ1) is 21.8. The zero-order chi connectivity index (χ0) is 22.7. The van der Waals surface area contributed by atoms with E-state index in [0.29, 0.717) is 27.8 Å². The fourth-order valence-corrected chi connectivity index (χ4v) is 4.41. The van der Waals surface area contributed by atoms with E-state index in [2.05, 4.69) is 27.6 Å². The highest BCUT2D eigenvalue weighted by molar-refractivity contribution is 7.15. The van der Waals surface area contributed by atoms with E-state index in [4.69, 9.17) is 10.5 Å². The summed E-state index contributed by atoms with van der Waals surface area (Å²) < 4.78 is 5.76. The summed E-state index contributed by atoms with van der Waals surface area (Å²) in [5, 5.41) is 6.25. The van der Waals surface area contributed by atoms with Crippen LogP contribution >= 0.6 is 11.3 Å².